The topological polar surface area (TPSA) is 53.7 Å². The number of nitrogens with two attached hydrogens (primary N) is 1. The van der Waals surface area contributed by atoms with Crippen molar-refractivity contribution in [3.05, 3.63) is 28.2 Å². The summed E-state index contributed by atoms with van der Waals surface area (Å²) in [6.07, 6.45) is 0.802. The van der Waals surface area contributed by atoms with E-state index in [1.54, 1.807) is 7.11 Å². The summed E-state index contributed by atoms with van der Waals surface area (Å²) in [4.78, 5) is 0.327. The summed E-state index contributed by atoms with van der Waals surface area (Å²) < 4.78 is 16.8. The molecule has 0 unspecified atom stereocenters. The van der Waals surface area contributed by atoms with E-state index in [0.29, 0.717) is 37.2 Å². The molecule has 1 rings (SSSR count). The molecule has 0 aliphatic rings. The van der Waals surface area contributed by atoms with Gasteiger partial charge in [0.25, 0.3) is 0 Å². The lowest BCUT2D eigenvalue weighted by Crippen LogP contribution is -2.13. The molecule has 0 bridgehead atoms. The highest BCUT2D eigenvalue weighted by Crippen LogP contribution is 2.23. The summed E-state index contributed by atoms with van der Waals surface area (Å²) in [5.74, 6) is 0.701. The Morgan fingerprint density at radius 1 is 1.26 bits per heavy atom. The fourth-order valence-electron chi connectivity index (χ4n) is 1.41. The predicted octanol–water partition coefficient (Wildman–Crippen LogP) is 2.52. The first-order chi connectivity index (χ1) is 9.15. The molecule has 1 aromatic rings. The molecule has 19 heavy (non-hydrogen) atoms. The van der Waals surface area contributed by atoms with E-state index >= 15 is 0 Å². The van der Waals surface area contributed by atoms with E-state index in [9.17, 15) is 0 Å². The molecule has 4 nitrogen and oxygen atoms in total. The molecule has 2 N–H and O–H groups in total. The van der Waals surface area contributed by atoms with E-state index in [1.807, 2.05) is 18.2 Å². The number of hydrogen-bond donors (Lipinski definition) is 1. The molecule has 0 aliphatic heterocycles. The van der Waals surface area contributed by atoms with Crippen LogP contribution in [0.3, 0.4) is 0 Å². The van der Waals surface area contributed by atoms with Gasteiger partial charge in [-0.3, -0.25) is 0 Å². The molecule has 0 saturated heterocycles. The molecular weight excluding hydrogens is 330 g/mol. The second-order valence-corrected chi connectivity index (χ2v) is 5.17. The van der Waals surface area contributed by atoms with E-state index < -0.39 is 0 Å². The Labute approximate surface area is 127 Å². The first-order valence-corrected chi connectivity index (χ1v) is 7.14. The van der Waals surface area contributed by atoms with Gasteiger partial charge in [-0.1, -0.05) is 28.1 Å². The Morgan fingerprint density at radius 2 is 2.05 bits per heavy atom. The number of thiocarbonyl (C=S) groups is 1. The van der Waals surface area contributed by atoms with Gasteiger partial charge in [0.2, 0.25) is 0 Å². The molecule has 0 amide bonds. The Hall–Kier alpha value is -0.690. The van der Waals surface area contributed by atoms with Crippen LogP contribution in [0.15, 0.2) is 22.7 Å². The normalized spacial score (nSPS) is 10.4. The highest BCUT2D eigenvalue weighted by atomic mass is 79.9. The number of hydrogen-bond acceptors (Lipinski definition) is 4. The summed E-state index contributed by atoms with van der Waals surface area (Å²) in [7, 11) is 1.65. The Morgan fingerprint density at radius 3 is 2.74 bits per heavy atom. The largest absolute Gasteiger partial charge is 0.493 e. The highest BCUT2D eigenvalue weighted by molar-refractivity contribution is 9.10. The van der Waals surface area contributed by atoms with E-state index in [0.717, 1.165) is 16.5 Å². The maximum absolute atomic E-state index is 5.66. The average molecular weight is 348 g/mol. The van der Waals surface area contributed by atoms with Gasteiger partial charge in [0, 0.05) is 24.6 Å². The number of methoxy groups -OCH3 is 1. The van der Waals surface area contributed by atoms with E-state index in [1.165, 1.54) is 0 Å². The lowest BCUT2D eigenvalue weighted by molar-refractivity contribution is 0.0644. The minimum atomic E-state index is 0.327. The van der Waals surface area contributed by atoms with Gasteiger partial charge in [0.1, 0.15) is 10.7 Å². The number of rotatable bonds is 9. The summed E-state index contributed by atoms with van der Waals surface area (Å²) in [6, 6.07) is 5.60. The second-order valence-electron chi connectivity index (χ2n) is 3.81. The van der Waals surface area contributed by atoms with Crippen LogP contribution in [0, 0.1) is 0 Å². The molecule has 0 spiro atoms. The van der Waals surface area contributed by atoms with Gasteiger partial charge in [-0.05, 0) is 18.2 Å². The number of halogens is 1. The van der Waals surface area contributed by atoms with Crippen LogP contribution in [0.2, 0.25) is 0 Å². The first-order valence-electron chi connectivity index (χ1n) is 5.94. The number of ether oxygens (including phenoxy) is 3. The minimum Gasteiger partial charge on any atom is -0.493 e. The van der Waals surface area contributed by atoms with E-state index in [4.69, 9.17) is 32.2 Å². The van der Waals surface area contributed by atoms with Crippen molar-refractivity contribution in [3.8, 4) is 5.75 Å². The molecule has 0 saturated carbocycles. The quantitative estimate of drug-likeness (QED) is 0.549. The van der Waals surface area contributed by atoms with Crippen LogP contribution in [0.25, 0.3) is 0 Å². The van der Waals surface area contributed by atoms with Crippen molar-refractivity contribution >= 4 is 33.1 Å². The Bertz CT molecular complexity index is 415. The van der Waals surface area contributed by atoms with Gasteiger partial charge in [0.15, 0.2) is 0 Å². The van der Waals surface area contributed by atoms with E-state index in [2.05, 4.69) is 15.9 Å². The van der Waals surface area contributed by atoms with Crippen molar-refractivity contribution in [3.63, 3.8) is 0 Å². The zero-order valence-corrected chi connectivity index (χ0v) is 13.3. The summed E-state index contributed by atoms with van der Waals surface area (Å²) in [5, 5.41) is 0. The van der Waals surface area contributed by atoms with Crippen LogP contribution >= 0.6 is 28.1 Å². The molecule has 0 atom stereocenters. The van der Waals surface area contributed by atoms with Crippen molar-refractivity contribution in [2.45, 2.75) is 6.42 Å². The van der Waals surface area contributed by atoms with Crippen LogP contribution in [-0.4, -0.2) is 38.5 Å². The molecule has 6 heteroatoms. The van der Waals surface area contributed by atoms with Crippen molar-refractivity contribution in [1.82, 2.24) is 0 Å². The predicted molar refractivity (Wildman–Crippen MR) is 82.8 cm³/mol. The molecule has 0 heterocycles. The third kappa shape index (κ3) is 6.33. The maximum atomic E-state index is 5.66. The van der Waals surface area contributed by atoms with Crippen molar-refractivity contribution in [1.29, 1.82) is 0 Å². The van der Waals surface area contributed by atoms with Crippen LogP contribution < -0.4 is 10.5 Å². The number of benzene rings is 1. The molecule has 0 aliphatic carbocycles. The molecule has 0 fully saturated rings. The van der Waals surface area contributed by atoms with Crippen LogP contribution in [0.5, 0.6) is 5.75 Å². The average Bonchev–Trinajstić information content (AvgIpc) is 2.39. The first kappa shape index (κ1) is 16.4. The SMILES string of the molecule is COCCOCCCOc1ccc(Br)cc1C(N)=S. The van der Waals surface area contributed by atoms with E-state index in [-0.39, 0.29) is 0 Å². The molecule has 0 radical (unpaired) electrons. The standard InChI is InChI=1S/C13H18BrNO3S/c1-16-7-8-17-5-2-6-18-12-4-3-10(14)9-11(12)13(15)19/h3-4,9H,2,5-8H2,1H3,(H2,15,19). The molecular formula is C13H18BrNO3S. The van der Waals surface area contributed by atoms with Gasteiger partial charge in [-0.2, -0.15) is 0 Å². The zero-order chi connectivity index (χ0) is 14.1. The Kier molecular flexibility index (Phi) is 7.97. The minimum absolute atomic E-state index is 0.327. The monoisotopic (exact) mass is 347 g/mol. The van der Waals surface area contributed by atoms with Crippen molar-refractivity contribution < 1.29 is 14.2 Å². The lowest BCUT2D eigenvalue weighted by atomic mass is 10.2. The third-order valence-corrected chi connectivity index (χ3v) is 3.04. The van der Waals surface area contributed by atoms with Gasteiger partial charge >= 0.3 is 0 Å². The van der Waals surface area contributed by atoms with Crippen molar-refractivity contribution in [2.24, 2.45) is 5.73 Å². The molecule has 106 valence electrons. The van der Waals surface area contributed by atoms with Crippen LogP contribution in [-0.2, 0) is 9.47 Å². The fraction of sp³-hybridized carbons (Fsp3) is 0.462. The van der Waals surface area contributed by atoms with Gasteiger partial charge < -0.3 is 19.9 Å². The zero-order valence-electron chi connectivity index (χ0n) is 10.9. The van der Waals surface area contributed by atoms with Crippen molar-refractivity contribution in [2.75, 3.05) is 33.5 Å². The molecule has 1 aromatic carbocycles. The summed E-state index contributed by atoms with van der Waals surface area (Å²) in [6.45, 7) is 2.42. The van der Waals surface area contributed by atoms with Gasteiger partial charge in [-0.15, -0.1) is 0 Å². The smallest absolute Gasteiger partial charge is 0.129 e. The summed E-state index contributed by atoms with van der Waals surface area (Å²) in [5.41, 5.74) is 6.40. The fourth-order valence-corrected chi connectivity index (χ4v) is 1.93. The lowest BCUT2D eigenvalue weighted by Gasteiger charge is -2.11. The van der Waals surface area contributed by atoms with Gasteiger partial charge in [-0.25, -0.2) is 0 Å². The third-order valence-electron chi connectivity index (χ3n) is 2.33. The van der Waals surface area contributed by atoms with Gasteiger partial charge in [0.05, 0.1) is 25.4 Å². The molecule has 0 aromatic heterocycles. The van der Waals surface area contributed by atoms with Crippen LogP contribution in [0.1, 0.15) is 12.0 Å². The Balaban J connectivity index is 2.35. The van der Waals surface area contributed by atoms with Crippen LogP contribution in [0.4, 0.5) is 0 Å². The second kappa shape index (κ2) is 9.25. The maximum Gasteiger partial charge on any atom is 0.129 e. The highest BCUT2D eigenvalue weighted by Gasteiger charge is 2.07. The summed E-state index contributed by atoms with van der Waals surface area (Å²) >= 11 is 8.38.